The molecule has 0 atom stereocenters. The molecule has 7 heteroatoms. The highest BCUT2D eigenvalue weighted by molar-refractivity contribution is 9.10. The van der Waals surface area contributed by atoms with Crippen LogP contribution in [0, 0.1) is 5.82 Å². The van der Waals surface area contributed by atoms with Crippen molar-refractivity contribution in [1.82, 2.24) is 4.98 Å². The summed E-state index contributed by atoms with van der Waals surface area (Å²) in [5.74, 6) is -1.29. The fraction of sp³-hybridized carbons (Fsp3) is 0.0769. The van der Waals surface area contributed by atoms with E-state index in [-0.39, 0.29) is 11.4 Å². The number of rotatable bonds is 3. The van der Waals surface area contributed by atoms with Gasteiger partial charge >= 0.3 is 0 Å². The number of carbonyl (C=O) groups excluding carboxylic acids is 1. The number of hydrogen-bond acceptors (Lipinski definition) is 3. The average molecular weight is 359 g/mol. The van der Waals surface area contributed by atoms with Gasteiger partial charge in [0.2, 0.25) is 0 Å². The van der Waals surface area contributed by atoms with Crippen molar-refractivity contribution in [2.45, 2.75) is 0 Å². The van der Waals surface area contributed by atoms with Crippen LogP contribution in [0.15, 0.2) is 34.9 Å². The molecule has 1 aromatic carbocycles. The van der Waals surface area contributed by atoms with E-state index in [1.807, 2.05) is 0 Å². The molecule has 104 valence electrons. The third-order valence-electron chi connectivity index (χ3n) is 2.55. The molecule has 2 aromatic rings. The first-order valence-electron chi connectivity index (χ1n) is 5.61. The number of benzene rings is 1. The smallest absolute Gasteiger partial charge is 0.258 e. The van der Waals surface area contributed by atoms with E-state index in [9.17, 15) is 9.18 Å². The van der Waals surface area contributed by atoms with E-state index >= 15 is 0 Å². The Bertz CT molecular complexity index is 666. The lowest BCUT2D eigenvalue weighted by atomic mass is 10.2. The SMILES string of the molecule is CNc1nccc(C(=O)Nc2cc(Br)ccc2Cl)c1F. The van der Waals surface area contributed by atoms with Crippen LogP contribution in [0.4, 0.5) is 15.9 Å². The highest BCUT2D eigenvalue weighted by Gasteiger charge is 2.16. The monoisotopic (exact) mass is 357 g/mol. The maximum absolute atomic E-state index is 14.0. The molecule has 4 nitrogen and oxygen atoms in total. The Kier molecular flexibility index (Phi) is 4.57. The van der Waals surface area contributed by atoms with Gasteiger partial charge < -0.3 is 10.6 Å². The molecule has 0 saturated carbocycles. The number of anilines is 2. The van der Waals surface area contributed by atoms with Gasteiger partial charge in [0.25, 0.3) is 5.91 Å². The predicted octanol–water partition coefficient (Wildman–Crippen LogP) is 3.93. The Balaban J connectivity index is 2.31. The molecule has 0 aliphatic rings. The zero-order chi connectivity index (χ0) is 14.7. The van der Waals surface area contributed by atoms with Crippen molar-refractivity contribution in [3.63, 3.8) is 0 Å². The second-order valence-electron chi connectivity index (χ2n) is 3.85. The number of carbonyl (C=O) groups is 1. The summed E-state index contributed by atoms with van der Waals surface area (Å²) in [6.45, 7) is 0. The van der Waals surface area contributed by atoms with Crippen LogP contribution in [0.2, 0.25) is 5.02 Å². The number of nitrogens with zero attached hydrogens (tertiary/aromatic N) is 1. The van der Waals surface area contributed by atoms with Crippen LogP contribution >= 0.6 is 27.5 Å². The van der Waals surface area contributed by atoms with Crippen LogP contribution in [0.1, 0.15) is 10.4 Å². The summed E-state index contributed by atoms with van der Waals surface area (Å²) >= 11 is 9.25. The Labute approximate surface area is 128 Å². The molecular weight excluding hydrogens is 349 g/mol. The van der Waals surface area contributed by atoms with E-state index < -0.39 is 11.7 Å². The van der Waals surface area contributed by atoms with Crippen LogP contribution in [-0.4, -0.2) is 17.9 Å². The Morgan fingerprint density at radius 2 is 2.15 bits per heavy atom. The van der Waals surface area contributed by atoms with E-state index in [1.54, 1.807) is 18.2 Å². The Morgan fingerprint density at radius 1 is 1.40 bits per heavy atom. The van der Waals surface area contributed by atoms with Crippen molar-refractivity contribution in [2.24, 2.45) is 0 Å². The third kappa shape index (κ3) is 3.08. The minimum atomic E-state index is -0.710. The van der Waals surface area contributed by atoms with Gasteiger partial charge in [0.15, 0.2) is 11.6 Å². The number of pyridine rings is 1. The zero-order valence-corrected chi connectivity index (χ0v) is 12.7. The predicted molar refractivity (Wildman–Crippen MR) is 80.8 cm³/mol. The van der Waals surface area contributed by atoms with Crippen molar-refractivity contribution >= 4 is 44.9 Å². The fourth-order valence-corrected chi connectivity index (χ4v) is 2.10. The molecule has 0 unspecified atom stereocenters. The van der Waals surface area contributed by atoms with Crippen LogP contribution in [0.25, 0.3) is 0 Å². The summed E-state index contributed by atoms with van der Waals surface area (Å²) in [6, 6.07) is 6.31. The highest BCUT2D eigenvalue weighted by Crippen LogP contribution is 2.26. The second-order valence-corrected chi connectivity index (χ2v) is 5.17. The Hall–Kier alpha value is -1.66. The zero-order valence-electron chi connectivity index (χ0n) is 10.4. The summed E-state index contributed by atoms with van der Waals surface area (Å²) in [5.41, 5.74) is 0.286. The van der Waals surface area contributed by atoms with Gasteiger partial charge in [-0.2, -0.15) is 0 Å². The number of halogens is 3. The second kappa shape index (κ2) is 6.19. The minimum Gasteiger partial charge on any atom is -0.371 e. The minimum absolute atomic E-state index is 0.0120. The molecule has 20 heavy (non-hydrogen) atoms. The molecule has 0 saturated heterocycles. The normalized spacial score (nSPS) is 10.2. The average Bonchev–Trinajstić information content (AvgIpc) is 2.43. The van der Waals surface area contributed by atoms with Gasteiger partial charge in [0.05, 0.1) is 16.3 Å². The standard InChI is InChI=1S/C13H10BrClFN3O/c1-17-12-11(16)8(4-5-18-12)13(20)19-10-6-7(14)2-3-9(10)15/h2-6H,1H3,(H,17,18)(H,19,20). The molecular formula is C13H10BrClFN3O. The van der Waals surface area contributed by atoms with Gasteiger partial charge in [-0.3, -0.25) is 4.79 Å². The maximum atomic E-state index is 14.0. The van der Waals surface area contributed by atoms with E-state index in [2.05, 4.69) is 31.5 Å². The fourth-order valence-electron chi connectivity index (χ4n) is 1.58. The van der Waals surface area contributed by atoms with Gasteiger partial charge in [-0.05, 0) is 24.3 Å². The van der Waals surface area contributed by atoms with E-state index in [4.69, 9.17) is 11.6 Å². The van der Waals surface area contributed by atoms with Gasteiger partial charge in [-0.15, -0.1) is 0 Å². The van der Waals surface area contributed by atoms with Crippen molar-refractivity contribution in [1.29, 1.82) is 0 Å². The van der Waals surface area contributed by atoms with Crippen LogP contribution in [0.3, 0.4) is 0 Å². The summed E-state index contributed by atoms with van der Waals surface area (Å²) in [6.07, 6.45) is 1.35. The first-order valence-corrected chi connectivity index (χ1v) is 6.78. The van der Waals surface area contributed by atoms with Crippen LogP contribution < -0.4 is 10.6 Å². The third-order valence-corrected chi connectivity index (χ3v) is 3.37. The molecule has 0 aliphatic heterocycles. The Morgan fingerprint density at radius 3 is 2.85 bits per heavy atom. The summed E-state index contributed by atoms with van der Waals surface area (Å²) in [5, 5.41) is 5.50. The molecule has 0 aliphatic carbocycles. The number of nitrogens with one attached hydrogen (secondary N) is 2. The summed E-state index contributed by atoms with van der Waals surface area (Å²) < 4.78 is 14.7. The van der Waals surface area contributed by atoms with E-state index in [0.29, 0.717) is 10.7 Å². The molecule has 0 radical (unpaired) electrons. The number of aromatic nitrogens is 1. The molecule has 0 fully saturated rings. The molecule has 0 bridgehead atoms. The largest absolute Gasteiger partial charge is 0.371 e. The lowest BCUT2D eigenvalue weighted by molar-refractivity contribution is 0.102. The summed E-state index contributed by atoms with van der Waals surface area (Å²) in [4.78, 5) is 15.9. The van der Waals surface area contributed by atoms with E-state index in [1.165, 1.54) is 19.3 Å². The van der Waals surface area contributed by atoms with Gasteiger partial charge in [-0.25, -0.2) is 9.37 Å². The van der Waals surface area contributed by atoms with Gasteiger partial charge in [0, 0.05) is 17.7 Å². The maximum Gasteiger partial charge on any atom is 0.258 e. The first kappa shape index (κ1) is 14.7. The van der Waals surface area contributed by atoms with Crippen molar-refractivity contribution < 1.29 is 9.18 Å². The topological polar surface area (TPSA) is 54.0 Å². The first-order chi connectivity index (χ1) is 9.52. The number of amides is 1. The van der Waals surface area contributed by atoms with Crippen molar-refractivity contribution in [2.75, 3.05) is 17.7 Å². The van der Waals surface area contributed by atoms with Gasteiger partial charge in [0.1, 0.15) is 0 Å². The van der Waals surface area contributed by atoms with Gasteiger partial charge in [-0.1, -0.05) is 27.5 Å². The van der Waals surface area contributed by atoms with Crippen LogP contribution in [-0.2, 0) is 0 Å². The molecule has 0 spiro atoms. The molecule has 2 N–H and O–H groups in total. The van der Waals surface area contributed by atoms with Crippen molar-refractivity contribution in [3.05, 3.63) is 51.3 Å². The van der Waals surface area contributed by atoms with E-state index in [0.717, 1.165) is 4.47 Å². The lowest BCUT2D eigenvalue weighted by Crippen LogP contribution is -2.15. The molecule has 1 aromatic heterocycles. The lowest BCUT2D eigenvalue weighted by Gasteiger charge is -2.09. The van der Waals surface area contributed by atoms with Crippen molar-refractivity contribution in [3.8, 4) is 0 Å². The quantitative estimate of drug-likeness (QED) is 0.874. The molecule has 2 rings (SSSR count). The summed E-state index contributed by atoms with van der Waals surface area (Å²) in [7, 11) is 1.53. The van der Waals surface area contributed by atoms with Crippen LogP contribution in [0.5, 0.6) is 0 Å². The highest BCUT2D eigenvalue weighted by atomic mass is 79.9. The molecule has 1 heterocycles. The number of hydrogen-bond donors (Lipinski definition) is 2. The molecule has 1 amide bonds.